The van der Waals surface area contributed by atoms with E-state index in [4.69, 9.17) is 4.74 Å². The van der Waals surface area contributed by atoms with E-state index >= 15 is 0 Å². The summed E-state index contributed by atoms with van der Waals surface area (Å²) >= 11 is -0.199. The predicted molar refractivity (Wildman–Crippen MR) is 76.9 cm³/mol. The van der Waals surface area contributed by atoms with Crippen molar-refractivity contribution in [1.29, 1.82) is 0 Å². The van der Waals surface area contributed by atoms with Crippen LogP contribution in [-0.4, -0.2) is 29.8 Å². The van der Waals surface area contributed by atoms with Crippen LogP contribution in [0.2, 0.25) is 0 Å². The van der Waals surface area contributed by atoms with Gasteiger partial charge in [-0.15, -0.1) is 0 Å². The van der Waals surface area contributed by atoms with Gasteiger partial charge in [0.05, 0.1) is 5.92 Å². The van der Waals surface area contributed by atoms with Gasteiger partial charge in [-0.3, -0.25) is 4.79 Å². The number of ether oxygens (including phenoxy) is 1. The minimum atomic E-state index is -4.34. The van der Waals surface area contributed by atoms with Gasteiger partial charge in [0.25, 0.3) is 0 Å². The summed E-state index contributed by atoms with van der Waals surface area (Å²) in [5, 5.41) is 9.40. The summed E-state index contributed by atoms with van der Waals surface area (Å²) in [7, 11) is 0. The largest absolute Gasteiger partial charge is 0.481 e. The molecule has 1 aliphatic heterocycles. The van der Waals surface area contributed by atoms with E-state index in [9.17, 15) is 23.1 Å². The Hall–Kier alpha value is -1.21. The quantitative estimate of drug-likeness (QED) is 0.816. The molecular formula is C15H17F3O3S. The van der Waals surface area contributed by atoms with E-state index in [1.54, 1.807) is 0 Å². The molecule has 0 radical (unpaired) electrons. The number of benzene rings is 1. The molecule has 1 atom stereocenters. The molecule has 0 aromatic heterocycles. The zero-order valence-electron chi connectivity index (χ0n) is 11.8. The van der Waals surface area contributed by atoms with Gasteiger partial charge < -0.3 is 9.84 Å². The Kier molecular flexibility index (Phi) is 5.74. The first-order chi connectivity index (χ1) is 10.3. The minimum absolute atomic E-state index is 0.0615. The number of thioether (sulfide) groups is 1. The van der Waals surface area contributed by atoms with E-state index in [1.807, 2.05) is 0 Å². The van der Waals surface area contributed by atoms with E-state index in [-0.39, 0.29) is 22.6 Å². The lowest BCUT2D eigenvalue weighted by Crippen LogP contribution is -2.21. The van der Waals surface area contributed by atoms with E-state index in [0.717, 1.165) is 12.8 Å². The van der Waals surface area contributed by atoms with Crippen LogP contribution < -0.4 is 0 Å². The first-order valence-electron chi connectivity index (χ1n) is 7.01. The second-order valence-electron chi connectivity index (χ2n) is 5.30. The molecule has 1 aromatic carbocycles. The topological polar surface area (TPSA) is 46.5 Å². The third-order valence-corrected chi connectivity index (χ3v) is 4.46. The number of hydrogen-bond acceptors (Lipinski definition) is 3. The van der Waals surface area contributed by atoms with Gasteiger partial charge in [0.15, 0.2) is 0 Å². The van der Waals surface area contributed by atoms with Crippen LogP contribution in [0, 0.1) is 5.92 Å². The van der Waals surface area contributed by atoms with Crippen molar-refractivity contribution in [2.45, 2.75) is 35.6 Å². The third-order valence-electron chi connectivity index (χ3n) is 3.72. The van der Waals surface area contributed by atoms with Crippen LogP contribution in [0.25, 0.3) is 0 Å². The monoisotopic (exact) mass is 334 g/mol. The fourth-order valence-corrected chi connectivity index (χ4v) is 3.14. The van der Waals surface area contributed by atoms with E-state index < -0.39 is 17.4 Å². The zero-order chi connectivity index (χ0) is 16.2. The van der Waals surface area contributed by atoms with Crippen LogP contribution in [0.15, 0.2) is 29.2 Å². The second kappa shape index (κ2) is 7.37. The number of carbonyl (C=O) groups is 1. The normalized spacial score (nSPS) is 18.1. The van der Waals surface area contributed by atoms with Crippen LogP contribution in [0.1, 0.15) is 30.7 Å². The SMILES string of the molecule is O=C(O)C(CC1CCOCC1)c1ccc(SC(F)(F)F)cc1. The Morgan fingerprint density at radius 3 is 2.36 bits per heavy atom. The van der Waals surface area contributed by atoms with Gasteiger partial charge in [-0.1, -0.05) is 12.1 Å². The lowest BCUT2D eigenvalue weighted by molar-refractivity contribution is -0.139. The van der Waals surface area contributed by atoms with Crippen molar-refractivity contribution in [2.24, 2.45) is 5.92 Å². The van der Waals surface area contributed by atoms with Crippen LogP contribution in [-0.2, 0) is 9.53 Å². The van der Waals surface area contributed by atoms with Crippen molar-refractivity contribution in [2.75, 3.05) is 13.2 Å². The van der Waals surface area contributed by atoms with E-state index in [0.29, 0.717) is 25.2 Å². The Morgan fingerprint density at radius 1 is 1.27 bits per heavy atom. The first kappa shape index (κ1) is 17.1. The lowest BCUT2D eigenvalue weighted by Gasteiger charge is -2.25. The maximum absolute atomic E-state index is 12.3. The Labute approximate surface area is 130 Å². The highest BCUT2D eigenvalue weighted by molar-refractivity contribution is 8.00. The maximum atomic E-state index is 12.3. The highest BCUT2D eigenvalue weighted by atomic mass is 32.2. The summed E-state index contributed by atoms with van der Waals surface area (Å²) in [5.74, 6) is -1.35. The van der Waals surface area contributed by atoms with Crippen molar-refractivity contribution in [3.8, 4) is 0 Å². The fraction of sp³-hybridized carbons (Fsp3) is 0.533. The number of carboxylic acid groups (broad SMARTS) is 1. The lowest BCUT2D eigenvalue weighted by atomic mass is 9.85. The molecule has 1 N–H and O–H groups in total. The number of aliphatic carboxylic acids is 1. The van der Waals surface area contributed by atoms with Gasteiger partial charge in [0, 0.05) is 18.1 Å². The Morgan fingerprint density at radius 2 is 1.86 bits per heavy atom. The predicted octanol–water partition coefficient (Wildman–Crippen LogP) is 4.28. The Bertz CT molecular complexity index is 496. The smallest absolute Gasteiger partial charge is 0.446 e. The van der Waals surface area contributed by atoms with Crippen molar-refractivity contribution in [1.82, 2.24) is 0 Å². The fourth-order valence-electron chi connectivity index (χ4n) is 2.60. The van der Waals surface area contributed by atoms with Gasteiger partial charge in [-0.25, -0.2) is 0 Å². The van der Waals surface area contributed by atoms with Gasteiger partial charge in [-0.05, 0) is 54.6 Å². The average molecular weight is 334 g/mol. The number of rotatable bonds is 5. The molecule has 1 aliphatic rings. The van der Waals surface area contributed by atoms with Gasteiger partial charge in [0.2, 0.25) is 0 Å². The molecular weight excluding hydrogens is 317 g/mol. The summed E-state index contributed by atoms with van der Waals surface area (Å²) < 4.78 is 42.1. The first-order valence-corrected chi connectivity index (χ1v) is 7.83. The minimum Gasteiger partial charge on any atom is -0.481 e. The van der Waals surface area contributed by atoms with Gasteiger partial charge in [0.1, 0.15) is 0 Å². The molecule has 7 heteroatoms. The molecule has 1 heterocycles. The van der Waals surface area contributed by atoms with Gasteiger partial charge >= 0.3 is 11.5 Å². The van der Waals surface area contributed by atoms with Crippen LogP contribution in [0.5, 0.6) is 0 Å². The molecule has 0 aliphatic carbocycles. The van der Waals surface area contributed by atoms with Crippen LogP contribution in [0.3, 0.4) is 0 Å². The van der Waals surface area contributed by atoms with Crippen LogP contribution >= 0.6 is 11.8 Å². The molecule has 0 bridgehead atoms. The molecule has 2 rings (SSSR count). The van der Waals surface area contributed by atoms with Crippen molar-refractivity contribution in [3.63, 3.8) is 0 Å². The van der Waals surface area contributed by atoms with Gasteiger partial charge in [-0.2, -0.15) is 13.2 Å². The maximum Gasteiger partial charge on any atom is 0.446 e. The summed E-state index contributed by atoms with van der Waals surface area (Å²) in [5.41, 5.74) is -3.79. The summed E-state index contributed by atoms with van der Waals surface area (Å²) in [6.45, 7) is 1.27. The highest BCUT2D eigenvalue weighted by Gasteiger charge is 2.30. The second-order valence-corrected chi connectivity index (χ2v) is 6.44. The molecule has 0 amide bonds. The number of alkyl halides is 3. The standard InChI is InChI=1S/C15H17F3O3S/c16-15(17,18)22-12-3-1-11(2-4-12)13(14(19)20)9-10-5-7-21-8-6-10/h1-4,10,13H,5-9H2,(H,19,20). The molecule has 1 aromatic rings. The van der Waals surface area contributed by atoms with Crippen molar-refractivity contribution < 1.29 is 27.8 Å². The van der Waals surface area contributed by atoms with Crippen molar-refractivity contribution >= 4 is 17.7 Å². The van der Waals surface area contributed by atoms with Crippen LogP contribution in [0.4, 0.5) is 13.2 Å². The number of halogens is 3. The molecule has 1 saturated heterocycles. The molecule has 3 nitrogen and oxygen atoms in total. The third kappa shape index (κ3) is 5.21. The molecule has 122 valence electrons. The summed E-state index contributed by atoms with van der Waals surface area (Å²) in [4.78, 5) is 11.5. The Balaban J connectivity index is 2.06. The molecule has 0 saturated carbocycles. The number of hydrogen-bond donors (Lipinski definition) is 1. The highest BCUT2D eigenvalue weighted by Crippen LogP contribution is 2.37. The van der Waals surface area contributed by atoms with Crippen molar-refractivity contribution in [3.05, 3.63) is 29.8 Å². The summed E-state index contributed by atoms with van der Waals surface area (Å²) in [6, 6.07) is 5.61. The van der Waals surface area contributed by atoms with E-state index in [2.05, 4.69) is 0 Å². The average Bonchev–Trinajstić information content (AvgIpc) is 2.45. The molecule has 1 fully saturated rings. The molecule has 22 heavy (non-hydrogen) atoms. The molecule has 0 spiro atoms. The summed E-state index contributed by atoms with van der Waals surface area (Å²) in [6.07, 6.45) is 2.14. The molecule has 1 unspecified atom stereocenters. The number of carboxylic acids is 1. The van der Waals surface area contributed by atoms with E-state index in [1.165, 1.54) is 24.3 Å². The zero-order valence-corrected chi connectivity index (χ0v) is 12.6.